The minimum atomic E-state index is -1.24. The molecule has 4 nitrogen and oxygen atoms in total. The van der Waals surface area contributed by atoms with Crippen molar-refractivity contribution in [2.75, 3.05) is 0 Å². The van der Waals surface area contributed by atoms with Gasteiger partial charge in [0.25, 0.3) is 0 Å². The molecule has 0 fully saturated rings. The number of aromatic carboxylic acids is 1. The Morgan fingerprint density at radius 2 is 2.12 bits per heavy atom. The van der Waals surface area contributed by atoms with Gasteiger partial charge in [0.15, 0.2) is 5.69 Å². The Labute approximate surface area is 101 Å². The van der Waals surface area contributed by atoms with E-state index >= 15 is 0 Å². The molecule has 0 aliphatic rings. The number of nitrogens with zero attached hydrogens (tertiary/aromatic N) is 2. The Hall–Kier alpha value is -1.88. The lowest BCUT2D eigenvalue weighted by Gasteiger charge is -2.04. The summed E-state index contributed by atoms with van der Waals surface area (Å²) in [6.45, 7) is 1.58. The van der Waals surface area contributed by atoms with E-state index in [0.29, 0.717) is 5.69 Å². The van der Waals surface area contributed by atoms with Gasteiger partial charge in [0.1, 0.15) is 11.5 Å². The number of rotatable bonds is 2. The monoisotopic (exact) mass is 254 g/mol. The standard InChI is InChI=1S/C11H8ClFN2O2/c1-6-9(12)10(11(16)17)14-15(6)8-5-3-2-4-7(8)13/h2-5H,1H3,(H,16,17). The fraction of sp³-hybridized carbons (Fsp3) is 0.0909. The number of para-hydroxylation sites is 1. The lowest BCUT2D eigenvalue weighted by atomic mass is 10.3. The topological polar surface area (TPSA) is 55.1 Å². The number of hydrogen-bond donors (Lipinski definition) is 1. The molecule has 0 spiro atoms. The van der Waals surface area contributed by atoms with Gasteiger partial charge in [-0.3, -0.25) is 0 Å². The second-order valence-electron chi connectivity index (χ2n) is 3.42. The van der Waals surface area contributed by atoms with Crippen molar-refractivity contribution < 1.29 is 14.3 Å². The zero-order valence-corrected chi connectivity index (χ0v) is 9.57. The van der Waals surface area contributed by atoms with Gasteiger partial charge in [0.05, 0.1) is 10.7 Å². The number of carboxylic acids is 1. The van der Waals surface area contributed by atoms with Gasteiger partial charge in [0.2, 0.25) is 0 Å². The summed E-state index contributed by atoms with van der Waals surface area (Å²) in [6, 6.07) is 5.94. The van der Waals surface area contributed by atoms with Crippen LogP contribution in [0.4, 0.5) is 4.39 Å². The van der Waals surface area contributed by atoms with Crippen LogP contribution in [0.25, 0.3) is 5.69 Å². The molecule has 2 aromatic rings. The maximum absolute atomic E-state index is 13.5. The Bertz CT molecular complexity index is 595. The number of carboxylic acid groups (broad SMARTS) is 1. The van der Waals surface area contributed by atoms with Crippen molar-refractivity contribution in [3.63, 3.8) is 0 Å². The van der Waals surface area contributed by atoms with E-state index in [9.17, 15) is 9.18 Å². The van der Waals surface area contributed by atoms with E-state index < -0.39 is 11.8 Å². The van der Waals surface area contributed by atoms with Crippen molar-refractivity contribution in [1.29, 1.82) is 0 Å². The van der Waals surface area contributed by atoms with Crippen molar-refractivity contribution in [3.8, 4) is 5.69 Å². The Morgan fingerprint density at radius 1 is 1.47 bits per heavy atom. The van der Waals surface area contributed by atoms with Crippen molar-refractivity contribution in [3.05, 3.63) is 46.5 Å². The molecule has 6 heteroatoms. The average Bonchev–Trinajstić information content (AvgIpc) is 2.57. The molecule has 1 N–H and O–H groups in total. The summed E-state index contributed by atoms with van der Waals surface area (Å²) in [5.74, 6) is -1.74. The number of aromatic nitrogens is 2. The molecule has 0 unspecified atom stereocenters. The Kier molecular flexibility index (Phi) is 2.85. The van der Waals surface area contributed by atoms with E-state index in [1.54, 1.807) is 13.0 Å². The fourth-order valence-corrected chi connectivity index (χ4v) is 1.68. The summed E-state index contributed by atoms with van der Waals surface area (Å²) in [5.41, 5.74) is 0.265. The second-order valence-corrected chi connectivity index (χ2v) is 3.79. The smallest absolute Gasteiger partial charge is 0.358 e. The zero-order valence-electron chi connectivity index (χ0n) is 8.82. The van der Waals surface area contributed by atoms with Crippen molar-refractivity contribution in [2.45, 2.75) is 6.92 Å². The van der Waals surface area contributed by atoms with Gasteiger partial charge < -0.3 is 5.11 Å². The predicted octanol–water partition coefficient (Wildman–Crippen LogP) is 2.67. The van der Waals surface area contributed by atoms with Gasteiger partial charge in [-0.1, -0.05) is 23.7 Å². The first-order valence-electron chi connectivity index (χ1n) is 4.75. The quantitative estimate of drug-likeness (QED) is 0.896. The molecule has 17 heavy (non-hydrogen) atoms. The molecule has 0 aliphatic carbocycles. The normalized spacial score (nSPS) is 10.5. The van der Waals surface area contributed by atoms with Crippen LogP contribution in [0, 0.1) is 12.7 Å². The van der Waals surface area contributed by atoms with E-state index in [1.165, 1.54) is 22.9 Å². The lowest BCUT2D eigenvalue weighted by molar-refractivity contribution is 0.0690. The summed E-state index contributed by atoms with van der Waals surface area (Å²) >= 11 is 5.82. The molecule has 88 valence electrons. The molecule has 0 aliphatic heterocycles. The van der Waals surface area contributed by atoms with Gasteiger partial charge in [-0.15, -0.1) is 0 Å². The van der Waals surface area contributed by atoms with Crippen LogP contribution in [0.2, 0.25) is 5.02 Å². The number of carbonyl (C=O) groups is 1. The summed E-state index contributed by atoms with van der Waals surface area (Å²) in [5, 5.41) is 12.7. The molecule has 0 atom stereocenters. The van der Waals surface area contributed by atoms with Crippen LogP contribution in [0.1, 0.15) is 16.2 Å². The molecule has 0 amide bonds. The summed E-state index contributed by atoms with van der Waals surface area (Å²) in [7, 11) is 0. The largest absolute Gasteiger partial charge is 0.476 e. The van der Waals surface area contributed by atoms with Gasteiger partial charge in [-0.05, 0) is 19.1 Å². The van der Waals surface area contributed by atoms with Crippen LogP contribution >= 0.6 is 11.6 Å². The SMILES string of the molecule is Cc1c(Cl)c(C(=O)O)nn1-c1ccccc1F. The number of hydrogen-bond acceptors (Lipinski definition) is 2. The molecule has 2 rings (SSSR count). The molecule has 0 saturated heterocycles. The number of halogens is 2. The third-order valence-electron chi connectivity index (χ3n) is 2.33. The van der Waals surface area contributed by atoms with Gasteiger partial charge in [-0.25, -0.2) is 13.9 Å². The highest BCUT2D eigenvalue weighted by molar-refractivity contribution is 6.33. The van der Waals surface area contributed by atoms with Crippen molar-refractivity contribution in [1.82, 2.24) is 9.78 Å². The van der Waals surface area contributed by atoms with Gasteiger partial charge >= 0.3 is 5.97 Å². The summed E-state index contributed by atoms with van der Waals surface area (Å²) in [6.07, 6.45) is 0. The van der Waals surface area contributed by atoms with Crippen LogP contribution in [-0.2, 0) is 0 Å². The summed E-state index contributed by atoms with van der Waals surface area (Å²) in [4.78, 5) is 10.8. The Morgan fingerprint density at radius 3 is 2.65 bits per heavy atom. The van der Waals surface area contributed by atoms with Crippen LogP contribution < -0.4 is 0 Å². The van der Waals surface area contributed by atoms with Gasteiger partial charge in [0, 0.05) is 0 Å². The highest BCUT2D eigenvalue weighted by Gasteiger charge is 2.20. The molecule has 1 aromatic carbocycles. The van der Waals surface area contributed by atoms with E-state index in [0.717, 1.165) is 0 Å². The zero-order chi connectivity index (χ0) is 12.6. The summed E-state index contributed by atoms with van der Waals surface area (Å²) < 4.78 is 14.7. The highest BCUT2D eigenvalue weighted by Crippen LogP contribution is 2.24. The first-order valence-corrected chi connectivity index (χ1v) is 5.13. The molecule has 0 radical (unpaired) electrons. The fourth-order valence-electron chi connectivity index (χ4n) is 1.48. The van der Waals surface area contributed by atoms with E-state index in [-0.39, 0.29) is 16.4 Å². The third kappa shape index (κ3) is 1.89. The molecule has 0 saturated carbocycles. The molecule has 1 aromatic heterocycles. The minimum Gasteiger partial charge on any atom is -0.476 e. The first kappa shape index (κ1) is 11.6. The van der Waals surface area contributed by atoms with Crippen LogP contribution in [0.15, 0.2) is 24.3 Å². The van der Waals surface area contributed by atoms with E-state index in [4.69, 9.17) is 16.7 Å². The van der Waals surface area contributed by atoms with Crippen LogP contribution in [0.3, 0.4) is 0 Å². The molecular weight excluding hydrogens is 247 g/mol. The van der Waals surface area contributed by atoms with Crippen molar-refractivity contribution >= 4 is 17.6 Å². The first-order chi connectivity index (χ1) is 8.02. The predicted molar refractivity (Wildman–Crippen MR) is 60.2 cm³/mol. The maximum Gasteiger partial charge on any atom is 0.358 e. The highest BCUT2D eigenvalue weighted by atomic mass is 35.5. The van der Waals surface area contributed by atoms with E-state index in [1.807, 2.05) is 0 Å². The third-order valence-corrected chi connectivity index (χ3v) is 2.78. The van der Waals surface area contributed by atoms with Crippen LogP contribution in [-0.4, -0.2) is 20.9 Å². The van der Waals surface area contributed by atoms with Crippen LogP contribution in [0.5, 0.6) is 0 Å². The Balaban J connectivity index is 2.66. The maximum atomic E-state index is 13.5. The van der Waals surface area contributed by atoms with Crippen molar-refractivity contribution in [2.24, 2.45) is 0 Å². The molecule has 0 bridgehead atoms. The minimum absolute atomic E-state index is 0.0146. The van der Waals surface area contributed by atoms with Gasteiger partial charge in [-0.2, -0.15) is 5.10 Å². The second kappa shape index (κ2) is 4.18. The lowest BCUT2D eigenvalue weighted by Crippen LogP contribution is -2.04. The molecular formula is C11H8ClFN2O2. The van der Waals surface area contributed by atoms with E-state index in [2.05, 4.69) is 5.10 Å². The average molecular weight is 255 g/mol. The molecule has 1 heterocycles. The number of benzene rings is 1.